The third-order valence-electron chi connectivity index (χ3n) is 2.82. The summed E-state index contributed by atoms with van der Waals surface area (Å²) in [6.07, 6.45) is 0.323. The molecule has 1 rings (SSSR count). The van der Waals surface area contributed by atoms with Crippen molar-refractivity contribution in [1.82, 2.24) is 0 Å². The van der Waals surface area contributed by atoms with Gasteiger partial charge in [-0.3, -0.25) is 9.59 Å². The van der Waals surface area contributed by atoms with Crippen molar-refractivity contribution in [2.45, 2.75) is 20.3 Å². The van der Waals surface area contributed by atoms with Gasteiger partial charge >= 0.3 is 5.97 Å². The number of carbonyl (C=O) groups is 3. The van der Waals surface area contributed by atoms with Gasteiger partial charge in [-0.1, -0.05) is 23.8 Å². The Morgan fingerprint density at radius 2 is 2.15 bits per heavy atom. The zero-order valence-electron chi connectivity index (χ0n) is 11.4. The summed E-state index contributed by atoms with van der Waals surface area (Å²) < 4.78 is 4.82. The van der Waals surface area contributed by atoms with Gasteiger partial charge in [0, 0.05) is 12.0 Å². The van der Waals surface area contributed by atoms with E-state index in [9.17, 15) is 14.4 Å². The van der Waals surface area contributed by atoms with Crippen molar-refractivity contribution >= 4 is 23.7 Å². The fourth-order valence-corrected chi connectivity index (χ4v) is 1.83. The minimum atomic E-state index is -1.12. The van der Waals surface area contributed by atoms with Crippen LogP contribution < -0.4 is 0 Å². The summed E-state index contributed by atoms with van der Waals surface area (Å²) in [4.78, 5) is 38.0. The van der Waals surface area contributed by atoms with Gasteiger partial charge in [-0.25, -0.2) is 4.85 Å². The minimum absolute atomic E-state index is 0.150. The van der Waals surface area contributed by atoms with Crippen molar-refractivity contribution in [2.75, 3.05) is 6.61 Å². The molecule has 1 aromatic carbocycles. The Kier molecular flexibility index (Phi) is 5.60. The molecule has 0 aliphatic heterocycles. The number of benzene rings is 1. The molecule has 0 radical (unpaired) electrons. The lowest BCUT2D eigenvalue weighted by atomic mass is 9.92. The molecule has 1 aromatic rings. The molecular weight excluding hydrogens is 258 g/mol. The highest BCUT2D eigenvalue weighted by Crippen LogP contribution is 2.22. The molecule has 1 atom stereocenters. The van der Waals surface area contributed by atoms with Crippen molar-refractivity contribution in [2.24, 2.45) is 5.92 Å². The summed E-state index contributed by atoms with van der Waals surface area (Å²) in [7, 11) is 0. The van der Waals surface area contributed by atoms with E-state index in [1.54, 1.807) is 19.9 Å². The van der Waals surface area contributed by atoms with Crippen LogP contribution in [-0.4, -0.2) is 24.6 Å². The molecule has 1 unspecified atom stereocenters. The highest BCUT2D eigenvalue weighted by molar-refractivity contribution is 6.10. The average molecular weight is 273 g/mol. The Labute approximate surface area is 117 Å². The van der Waals surface area contributed by atoms with E-state index in [1.807, 2.05) is 0 Å². The molecule has 0 saturated heterocycles. The normalized spacial score (nSPS) is 11.2. The van der Waals surface area contributed by atoms with E-state index in [1.165, 1.54) is 12.1 Å². The van der Waals surface area contributed by atoms with Crippen LogP contribution in [0.3, 0.4) is 0 Å². The molecule has 0 heterocycles. The lowest BCUT2D eigenvalue weighted by Crippen LogP contribution is -2.27. The number of Topliss-reactive ketones (excluding diaryl/α,β-unsaturated/α-hetero) is 1. The summed E-state index contributed by atoms with van der Waals surface area (Å²) in [6.45, 7) is 10.4. The van der Waals surface area contributed by atoms with Gasteiger partial charge in [0.15, 0.2) is 11.5 Å². The number of aldehydes is 1. The second kappa shape index (κ2) is 7.19. The van der Waals surface area contributed by atoms with Gasteiger partial charge in [-0.05, 0) is 13.8 Å². The summed E-state index contributed by atoms with van der Waals surface area (Å²) in [5.74, 6) is -2.27. The van der Waals surface area contributed by atoms with E-state index < -0.39 is 17.7 Å². The molecule has 0 aliphatic carbocycles. The van der Waals surface area contributed by atoms with Crippen LogP contribution in [0.15, 0.2) is 18.2 Å². The predicted molar refractivity (Wildman–Crippen MR) is 72.6 cm³/mol. The molecular formula is C15H15NO4. The first kappa shape index (κ1) is 15.6. The number of carbonyl (C=O) groups excluding carboxylic acids is 3. The van der Waals surface area contributed by atoms with Crippen LogP contribution in [0, 0.1) is 19.4 Å². The average Bonchev–Trinajstić information content (AvgIpc) is 2.44. The molecule has 0 saturated carbocycles. The molecule has 5 heteroatoms. The number of ether oxygens (including phenoxy) is 1. The highest BCUT2D eigenvalue weighted by Gasteiger charge is 2.29. The number of nitrogens with zero attached hydrogens (tertiary/aromatic N) is 1. The monoisotopic (exact) mass is 273 g/mol. The zero-order valence-corrected chi connectivity index (χ0v) is 11.4. The van der Waals surface area contributed by atoms with Gasteiger partial charge in [0.25, 0.3) is 0 Å². The number of rotatable bonds is 6. The van der Waals surface area contributed by atoms with Crippen LogP contribution in [0.1, 0.15) is 29.3 Å². The van der Waals surface area contributed by atoms with E-state index in [0.29, 0.717) is 23.1 Å². The van der Waals surface area contributed by atoms with E-state index >= 15 is 0 Å². The van der Waals surface area contributed by atoms with E-state index in [2.05, 4.69) is 4.85 Å². The van der Waals surface area contributed by atoms with Crippen LogP contribution in [0.2, 0.25) is 0 Å². The van der Waals surface area contributed by atoms with E-state index in [0.717, 1.165) is 0 Å². The fraction of sp³-hybridized carbons (Fsp3) is 0.333. The van der Waals surface area contributed by atoms with Crippen LogP contribution in [0.4, 0.5) is 5.69 Å². The van der Waals surface area contributed by atoms with Crippen LogP contribution in [-0.2, 0) is 14.3 Å². The molecule has 0 N–H and O–H groups in total. The van der Waals surface area contributed by atoms with Gasteiger partial charge in [-0.15, -0.1) is 0 Å². The SMILES string of the molecule is [C-]#[N+]c1ccc(C(=O)C(CC=O)C(=O)OCC)c(C)c1. The first-order valence-electron chi connectivity index (χ1n) is 6.17. The number of aryl methyl sites for hydroxylation is 1. The summed E-state index contributed by atoms with van der Waals surface area (Å²) in [6, 6.07) is 4.59. The van der Waals surface area contributed by atoms with Gasteiger partial charge in [0.1, 0.15) is 12.2 Å². The minimum Gasteiger partial charge on any atom is -0.465 e. The predicted octanol–water partition coefficient (Wildman–Crippen LogP) is 2.50. The summed E-state index contributed by atoms with van der Waals surface area (Å²) >= 11 is 0. The molecule has 20 heavy (non-hydrogen) atoms. The van der Waals surface area contributed by atoms with Crippen LogP contribution in [0.25, 0.3) is 4.85 Å². The molecule has 0 aliphatic rings. The van der Waals surface area contributed by atoms with Crippen molar-refractivity contribution in [1.29, 1.82) is 0 Å². The second-order valence-electron chi connectivity index (χ2n) is 4.18. The van der Waals surface area contributed by atoms with Crippen molar-refractivity contribution in [3.8, 4) is 0 Å². The summed E-state index contributed by atoms with van der Waals surface area (Å²) in [5.41, 5.74) is 1.35. The smallest absolute Gasteiger partial charge is 0.317 e. The Bertz CT molecular complexity index is 572. The maximum absolute atomic E-state index is 12.3. The first-order valence-corrected chi connectivity index (χ1v) is 6.17. The van der Waals surface area contributed by atoms with Gasteiger partial charge in [0.2, 0.25) is 0 Å². The molecule has 5 nitrogen and oxygen atoms in total. The van der Waals surface area contributed by atoms with Crippen LogP contribution in [0.5, 0.6) is 0 Å². The fourth-order valence-electron chi connectivity index (χ4n) is 1.83. The Morgan fingerprint density at radius 3 is 2.65 bits per heavy atom. The van der Waals surface area contributed by atoms with Gasteiger partial charge in [-0.2, -0.15) is 0 Å². The number of esters is 1. The third-order valence-corrected chi connectivity index (χ3v) is 2.82. The quantitative estimate of drug-likeness (QED) is 0.262. The molecule has 0 amide bonds. The van der Waals surface area contributed by atoms with E-state index in [-0.39, 0.29) is 13.0 Å². The molecule has 0 spiro atoms. The maximum atomic E-state index is 12.3. The lowest BCUT2D eigenvalue weighted by Gasteiger charge is -2.13. The zero-order chi connectivity index (χ0) is 15.1. The molecule has 0 aromatic heterocycles. The van der Waals surface area contributed by atoms with Crippen molar-refractivity contribution < 1.29 is 19.1 Å². The Balaban J connectivity index is 3.09. The van der Waals surface area contributed by atoms with Crippen LogP contribution >= 0.6 is 0 Å². The summed E-state index contributed by atoms with van der Waals surface area (Å²) in [5, 5.41) is 0. The first-order chi connectivity index (χ1) is 9.54. The van der Waals surface area contributed by atoms with E-state index in [4.69, 9.17) is 11.3 Å². The van der Waals surface area contributed by atoms with Gasteiger partial charge < -0.3 is 9.53 Å². The standard InChI is InChI=1S/C15H15NO4/c1-4-20-15(19)13(7-8-17)14(18)12-6-5-11(16-3)9-10(12)2/h5-6,8-9,13H,4,7H2,1-2H3. The van der Waals surface area contributed by atoms with Gasteiger partial charge in [0.05, 0.1) is 13.2 Å². The third kappa shape index (κ3) is 3.51. The molecule has 0 bridgehead atoms. The number of hydrogen-bond acceptors (Lipinski definition) is 4. The molecule has 0 fully saturated rings. The maximum Gasteiger partial charge on any atom is 0.317 e. The molecule has 104 valence electrons. The second-order valence-corrected chi connectivity index (χ2v) is 4.18. The number of ketones is 1. The number of hydrogen-bond donors (Lipinski definition) is 0. The highest BCUT2D eigenvalue weighted by atomic mass is 16.5. The Hall–Kier alpha value is -2.48. The largest absolute Gasteiger partial charge is 0.465 e. The topological polar surface area (TPSA) is 64.8 Å². The van der Waals surface area contributed by atoms with Crippen molar-refractivity contribution in [3.05, 3.63) is 40.7 Å². The van der Waals surface area contributed by atoms with Crippen molar-refractivity contribution in [3.63, 3.8) is 0 Å². The Morgan fingerprint density at radius 1 is 1.45 bits per heavy atom. The lowest BCUT2D eigenvalue weighted by molar-refractivity contribution is -0.147.